The van der Waals surface area contributed by atoms with Crippen LogP contribution in [0.25, 0.3) is 0 Å². The molecule has 96 valence electrons. The van der Waals surface area contributed by atoms with Crippen LogP contribution >= 0.6 is 0 Å². The Kier molecular flexibility index (Phi) is 4.15. The van der Waals surface area contributed by atoms with Gasteiger partial charge in [-0.2, -0.15) is 0 Å². The van der Waals surface area contributed by atoms with Crippen LogP contribution in [0.15, 0.2) is 12.1 Å². The fourth-order valence-corrected chi connectivity index (χ4v) is 1.95. The highest BCUT2D eigenvalue weighted by atomic mass is 19.1. The van der Waals surface area contributed by atoms with Gasteiger partial charge in [0, 0.05) is 6.07 Å². The maximum atomic E-state index is 14.0. The maximum absolute atomic E-state index is 14.0. The van der Waals surface area contributed by atoms with Crippen molar-refractivity contribution in [3.8, 4) is 5.75 Å². The van der Waals surface area contributed by atoms with E-state index in [0.29, 0.717) is 12.5 Å². The zero-order chi connectivity index (χ0) is 13.2. The van der Waals surface area contributed by atoms with E-state index in [-0.39, 0.29) is 11.2 Å². The Morgan fingerprint density at radius 1 is 1.24 bits per heavy atom. The quantitative estimate of drug-likeness (QED) is 0.750. The molecule has 0 radical (unpaired) electrons. The monoisotopic (exact) mass is 239 g/mol. The van der Waals surface area contributed by atoms with Crippen molar-refractivity contribution in [1.82, 2.24) is 4.90 Å². The van der Waals surface area contributed by atoms with Crippen LogP contribution in [-0.2, 0) is 5.41 Å². The van der Waals surface area contributed by atoms with Crippen LogP contribution < -0.4 is 4.74 Å². The number of halogens is 1. The fourth-order valence-electron chi connectivity index (χ4n) is 1.95. The van der Waals surface area contributed by atoms with E-state index in [0.717, 1.165) is 11.1 Å². The fraction of sp³-hybridized carbons (Fsp3) is 0.571. The van der Waals surface area contributed by atoms with Crippen LogP contribution in [0.4, 0.5) is 4.39 Å². The SMILES string of the molecule is Cc1cc(OCN(C)C)cc(F)c1C(C)(C)C. The van der Waals surface area contributed by atoms with Gasteiger partial charge in [-0.05, 0) is 43.6 Å². The van der Waals surface area contributed by atoms with Gasteiger partial charge in [0.25, 0.3) is 0 Å². The molecule has 0 saturated carbocycles. The molecule has 0 saturated heterocycles. The number of nitrogens with zero attached hydrogens (tertiary/aromatic N) is 1. The van der Waals surface area contributed by atoms with Gasteiger partial charge in [0.1, 0.15) is 18.3 Å². The molecule has 2 nitrogen and oxygen atoms in total. The van der Waals surface area contributed by atoms with Gasteiger partial charge in [-0.1, -0.05) is 20.8 Å². The molecule has 0 bridgehead atoms. The summed E-state index contributed by atoms with van der Waals surface area (Å²) in [6, 6.07) is 3.37. The maximum Gasteiger partial charge on any atom is 0.141 e. The third-order valence-electron chi connectivity index (χ3n) is 2.50. The number of aryl methyl sites for hydroxylation is 1. The summed E-state index contributed by atoms with van der Waals surface area (Å²) in [5.41, 5.74) is 1.51. The molecule has 0 fully saturated rings. The van der Waals surface area contributed by atoms with Crippen molar-refractivity contribution in [3.05, 3.63) is 29.1 Å². The lowest BCUT2D eigenvalue weighted by molar-refractivity contribution is 0.178. The molecule has 0 aliphatic heterocycles. The van der Waals surface area contributed by atoms with Gasteiger partial charge in [0.05, 0.1) is 0 Å². The molecule has 17 heavy (non-hydrogen) atoms. The molecule has 0 aliphatic carbocycles. The lowest BCUT2D eigenvalue weighted by atomic mass is 9.83. The summed E-state index contributed by atoms with van der Waals surface area (Å²) >= 11 is 0. The minimum Gasteiger partial charge on any atom is -0.478 e. The first kappa shape index (κ1) is 14.0. The first-order valence-corrected chi connectivity index (χ1v) is 5.80. The van der Waals surface area contributed by atoms with E-state index >= 15 is 0 Å². The summed E-state index contributed by atoms with van der Waals surface area (Å²) in [6.07, 6.45) is 0. The largest absolute Gasteiger partial charge is 0.478 e. The van der Waals surface area contributed by atoms with Crippen LogP contribution in [0.3, 0.4) is 0 Å². The second-order valence-electron chi connectivity index (χ2n) is 5.70. The van der Waals surface area contributed by atoms with Crippen LogP contribution in [0.2, 0.25) is 0 Å². The van der Waals surface area contributed by atoms with Crippen LogP contribution in [0.5, 0.6) is 5.75 Å². The Hall–Kier alpha value is -1.09. The van der Waals surface area contributed by atoms with Gasteiger partial charge in [0.15, 0.2) is 0 Å². The predicted octanol–water partition coefficient (Wildman–Crippen LogP) is 3.33. The van der Waals surface area contributed by atoms with Crippen molar-refractivity contribution in [2.45, 2.75) is 33.1 Å². The Balaban J connectivity index is 3.02. The molecule has 1 aromatic carbocycles. The molecular formula is C14H22FNO. The average Bonchev–Trinajstić information content (AvgIpc) is 2.11. The molecule has 0 aromatic heterocycles. The van der Waals surface area contributed by atoms with Crippen LogP contribution in [0.1, 0.15) is 31.9 Å². The second-order valence-corrected chi connectivity index (χ2v) is 5.70. The summed E-state index contributed by atoms with van der Waals surface area (Å²) in [4.78, 5) is 1.89. The Labute approximate surface area is 103 Å². The first-order valence-electron chi connectivity index (χ1n) is 5.80. The summed E-state index contributed by atoms with van der Waals surface area (Å²) in [7, 11) is 3.82. The number of rotatable bonds is 3. The number of hydrogen-bond donors (Lipinski definition) is 0. The van der Waals surface area contributed by atoms with E-state index in [2.05, 4.69) is 0 Å². The number of benzene rings is 1. The molecule has 0 atom stereocenters. The normalized spacial score (nSPS) is 12.0. The van der Waals surface area contributed by atoms with E-state index in [1.165, 1.54) is 6.07 Å². The topological polar surface area (TPSA) is 12.5 Å². The van der Waals surface area contributed by atoms with Crippen molar-refractivity contribution in [1.29, 1.82) is 0 Å². The van der Waals surface area contributed by atoms with Gasteiger partial charge in [0.2, 0.25) is 0 Å². The molecule has 0 amide bonds. The van der Waals surface area contributed by atoms with Gasteiger partial charge >= 0.3 is 0 Å². The highest BCUT2D eigenvalue weighted by Crippen LogP contribution is 2.31. The molecule has 0 N–H and O–H groups in total. The Morgan fingerprint density at radius 3 is 2.24 bits per heavy atom. The molecule has 1 rings (SSSR count). The van der Waals surface area contributed by atoms with Crippen molar-refractivity contribution in [3.63, 3.8) is 0 Å². The second kappa shape index (κ2) is 5.05. The molecule has 3 heteroatoms. The smallest absolute Gasteiger partial charge is 0.141 e. The van der Waals surface area contributed by atoms with Crippen molar-refractivity contribution < 1.29 is 9.13 Å². The van der Waals surface area contributed by atoms with Crippen molar-refractivity contribution in [2.75, 3.05) is 20.8 Å². The summed E-state index contributed by atoms with van der Waals surface area (Å²) < 4.78 is 19.5. The predicted molar refractivity (Wildman–Crippen MR) is 69.0 cm³/mol. The number of ether oxygens (including phenoxy) is 1. The average molecular weight is 239 g/mol. The molecule has 0 unspecified atom stereocenters. The van der Waals surface area contributed by atoms with Gasteiger partial charge < -0.3 is 4.74 Å². The van der Waals surface area contributed by atoms with Crippen molar-refractivity contribution >= 4 is 0 Å². The molecule has 0 heterocycles. The lowest BCUT2D eigenvalue weighted by Gasteiger charge is -2.23. The zero-order valence-electron chi connectivity index (χ0n) is 11.6. The molecule has 0 aliphatic rings. The standard InChI is InChI=1S/C14H22FNO/c1-10-7-11(17-9-16(5)6)8-12(15)13(10)14(2,3)4/h7-8H,9H2,1-6H3. The van der Waals surface area contributed by atoms with Gasteiger partial charge in [-0.15, -0.1) is 0 Å². The highest BCUT2D eigenvalue weighted by molar-refractivity contribution is 5.39. The summed E-state index contributed by atoms with van der Waals surface area (Å²) in [5.74, 6) is 0.396. The third kappa shape index (κ3) is 3.70. The molecular weight excluding hydrogens is 217 g/mol. The minimum absolute atomic E-state index is 0.186. The molecule has 1 aromatic rings. The van der Waals surface area contributed by atoms with Gasteiger partial charge in [-0.3, -0.25) is 4.90 Å². The highest BCUT2D eigenvalue weighted by Gasteiger charge is 2.21. The van der Waals surface area contributed by atoms with Crippen LogP contribution in [0, 0.1) is 12.7 Å². The van der Waals surface area contributed by atoms with E-state index in [4.69, 9.17) is 4.74 Å². The summed E-state index contributed by atoms with van der Waals surface area (Å²) in [6.45, 7) is 8.41. The Bertz CT molecular complexity index is 371. The van der Waals surface area contributed by atoms with E-state index in [1.807, 2.05) is 52.8 Å². The van der Waals surface area contributed by atoms with Gasteiger partial charge in [-0.25, -0.2) is 4.39 Å². The van der Waals surface area contributed by atoms with Crippen LogP contribution in [-0.4, -0.2) is 25.7 Å². The Morgan fingerprint density at radius 2 is 1.82 bits per heavy atom. The van der Waals surface area contributed by atoms with E-state index in [9.17, 15) is 4.39 Å². The van der Waals surface area contributed by atoms with E-state index < -0.39 is 0 Å². The first-order chi connectivity index (χ1) is 7.71. The van der Waals surface area contributed by atoms with Crippen molar-refractivity contribution in [2.24, 2.45) is 0 Å². The third-order valence-corrected chi connectivity index (χ3v) is 2.50. The van der Waals surface area contributed by atoms with E-state index in [1.54, 1.807) is 0 Å². The molecule has 0 spiro atoms. The zero-order valence-corrected chi connectivity index (χ0v) is 11.6. The summed E-state index contributed by atoms with van der Waals surface area (Å²) in [5, 5.41) is 0. The minimum atomic E-state index is -0.189. The number of hydrogen-bond acceptors (Lipinski definition) is 2. The lowest BCUT2D eigenvalue weighted by Crippen LogP contribution is -2.19.